The first-order chi connectivity index (χ1) is 13.1. The Labute approximate surface area is 166 Å². The van der Waals surface area contributed by atoms with Crippen LogP contribution in [0.1, 0.15) is 68.9 Å². The minimum absolute atomic E-state index is 0.476. The minimum Gasteiger partial charge on any atom is -0.205 e. The van der Waals surface area contributed by atoms with Gasteiger partial charge in [0.15, 0.2) is 0 Å². The Hall–Kier alpha value is -1.40. The highest BCUT2D eigenvalue weighted by Gasteiger charge is 2.30. The lowest BCUT2D eigenvalue weighted by molar-refractivity contribution is 0.153. The van der Waals surface area contributed by atoms with Gasteiger partial charge in [0.1, 0.15) is 23.3 Å². The van der Waals surface area contributed by atoms with Crippen LogP contribution in [-0.4, -0.2) is 0 Å². The maximum absolute atomic E-state index is 13.7. The lowest BCUT2D eigenvalue weighted by Gasteiger charge is -2.37. The van der Waals surface area contributed by atoms with Crippen LogP contribution in [0.15, 0.2) is 23.7 Å². The van der Waals surface area contributed by atoms with Gasteiger partial charge in [0.2, 0.25) is 0 Å². The first kappa shape index (κ1) is 20.3. The van der Waals surface area contributed by atoms with Crippen molar-refractivity contribution in [1.29, 1.82) is 5.26 Å². The van der Waals surface area contributed by atoms with Crippen molar-refractivity contribution >= 4 is 11.6 Å². The molecule has 0 spiro atoms. The molecule has 0 aliphatic heterocycles. The Morgan fingerprint density at radius 2 is 1.52 bits per heavy atom. The molecule has 3 rings (SSSR count). The van der Waals surface area contributed by atoms with Gasteiger partial charge in [-0.1, -0.05) is 30.5 Å². The molecule has 0 aromatic heterocycles. The van der Waals surface area contributed by atoms with Gasteiger partial charge < -0.3 is 0 Å². The monoisotopic (exact) mass is 391 g/mol. The molecule has 2 aliphatic carbocycles. The van der Waals surface area contributed by atoms with Gasteiger partial charge in [0.05, 0.1) is 0 Å². The van der Waals surface area contributed by atoms with Crippen LogP contribution in [-0.2, 0) is 6.42 Å². The molecule has 146 valence electrons. The molecule has 27 heavy (non-hydrogen) atoms. The molecule has 0 N–H and O–H groups in total. The molecule has 1 nitrogen and oxygen atoms in total. The maximum atomic E-state index is 13.7. The Morgan fingerprint density at radius 3 is 2.04 bits per heavy atom. The highest BCUT2D eigenvalue weighted by Crippen LogP contribution is 2.42. The van der Waals surface area contributed by atoms with E-state index < -0.39 is 17.2 Å². The first-order valence-corrected chi connectivity index (χ1v) is 10.7. The lowest BCUT2D eigenvalue weighted by atomic mass is 9.68. The zero-order valence-corrected chi connectivity index (χ0v) is 16.5. The highest BCUT2D eigenvalue weighted by atomic mass is 35.5. The molecular formula is C23H28ClF2N. The third kappa shape index (κ3) is 5.32. The number of hydrogen-bond acceptors (Lipinski definition) is 1. The van der Waals surface area contributed by atoms with E-state index in [9.17, 15) is 8.78 Å². The number of aryl methyl sites for hydroxylation is 1. The predicted octanol–water partition coefficient (Wildman–Crippen LogP) is 7.13. The predicted molar refractivity (Wildman–Crippen MR) is 105 cm³/mol. The number of allylic oxidation sites excluding steroid dienone is 1. The van der Waals surface area contributed by atoms with Gasteiger partial charge in [-0.05, 0) is 92.7 Å². The van der Waals surface area contributed by atoms with E-state index in [1.165, 1.54) is 63.5 Å². The Bertz CT molecular complexity index is 670. The lowest BCUT2D eigenvalue weighted by Crippen LogP contribution is -2.25. The molecule has 0 atom stereocenters. The number of hydrogen-bond donors (Lipinski definition) is 0. The third-order valence-electron chi connectivity index (χ3n) is 6.77. The Kier molecular flexibility index (Phi) is 7.30. The fourth-order valence-electron chi connectivity index (χ4n) is 5.11. The third-order valence-corrected chi connectivity index (χ3v) is 6.92. The molecule has 2 aliphatic rings. The first-order valence-electron chi connectivity index (χ1n) is 10.3. The van der Waals surface area contributed by atoms with Crippen molar-refractivity contribution in [2.75, 3.05) is 0 Å². The number of benzene rings is 1. The van der Waals surface area contributed by atoms with E-state index in [-0.39, 0.29) is 0 Å². The van der Waals surface area contributed by atoms with Crippen molar-refractivity contribution < 1.29 is 8.78 Å². The second-order valence-electron chi connectivity index (χ2n) is 8.36. The van der Waals surface area contributed by atoms with Gasteiger partial charge in [-0.3, -0.25) is 0 Å². The molecule has 2 fully saturated rings. The molecule has 0 unspecified atom stereocenters. The molecular weight excluding hydrogens is 364 g/mol. The zero-order chi connectivity index (χ0) is 19.2. The van der Waals surface area contributed by atoms with E-state index in [1.54, 1.807) is 11.6 Å². The molecule has 0 heterocycles. The fraction of sp³-hybridized carbons (Fsp3) is 0.609. The molecule has 1 aromatic carbocycles. The summed E-state index contributed by atoms with van der Waals surface area (Å²) in [7, 11) is 0. The van der Waals surface area contributed by atoms with E-state index in [1.807, 2.05) is 0 Å². The molecule has 1 aromatic rings. The molecule has 0 radical (unpaired) electrons. The SMILES string of the molecule is N#Cc1c(F)cc(CCC2CCC(C3CCC(C=CCl)CC3)CC2)cc1F. The van der Waals surface area contributed by atoms with Crippen LogP contribution in [0, 0.1) is 46.6 Å². The van der Waals surface area contributed by atoms with E-state index in [0.717, 1.165) is 18.3 Å². The summed E-state index contributed by atoms with van der Waals surface area (Å²) >= 11 is 5.71. The standard InChI is InChI=1S/C23H28ClF2N/c24-12-11-17-5-9-20(10-6-17)19-7-3-16(4-8-19)1-2-18-13-22(25)21(15-27)23(26)14-18/h11-14,16-17,19-20H,1-10H2. The smallest absolute Gasteiger partial charge is 0.144 e. The summed E-state index contributed by atoms with van der Waals surface area (Å²) < 4.78 is 27.5. The van der Waals surface area contributed by atoms with E-state index in [2.05, 4.69) is 6.08 Å². The summed E-state index contributed by atoms with van der Waals surface area (Å²) in [6.07, 6.45) is 14.0. The average molecular weight is 392 g/mol. The van der Waals surface area contributed by atoms with Crippen LogP contribution >= 0.6 is 11.6 Å². The van der Waals surface area contributed by atoms with E-state index >= 15 is 0 Å². The van der Waals surface area contributed by atoms with Gasteiger partial charge in [-0.2, -0.15) is 5.26 Å². The quantitative estimate of drug-likeness (QED) is 0.523. The second kappa shape index (κ2) is 9.69. The number of nitriles is 1. The van der Waals surface area contributed by atoms with Gasteiger partial charge in [0, 0.05) is 5.54 Å². The molecule has 4 heteroatoms. The summed E-state index contributed by atoms with van der Waals surface area (Å²) in [6.45, 7) is 0. The van der Waals surface area contributed by atoms with Crippen LogP contribution < -0.4 is 0 Å². The summed E-state index contributed by atoms with van der Waals surface area (Å²) in [4.78, 5) is 0. The summed E-state index contributed by atoms with van der Waals surface area (Å²) in [5, 5.41) is 8.76. The number of rotatable bonds is 5. The molecule has 2 saturated carbocycles. The highest BCUT2D eigenvalue weighted by molar-refractivity contribution is 6.25. The van der Waals surface area contributed by atoms with Gasteiger partial charge in [-0.25, -0.2) is 8.78 Å². The van der Waals surface area contributed by atoms with E-state index in [0.29, 0.717) is 23.8 Å². The van der Waals surface area contributed by atoms with Crippen molar-refractivity contribution in [3.05, 3.63) is 46.5 Å². The van der Waals surface area contributed by atoms with Gasteiger partial charge in [-0.15, -0.1) is 0 Å². The summed E-state index contributed by atoms with van der Waals surface area (Å²) in [5.41, 5.74) is 1.86. The van der Waals surface area contributed by atoms with Crippen LogP contribution in [0.25, 0.3) is 0 Å². The van der Waals surface area contributed by atoms with Crippen LogP contribution in [0.2, 0.25) is 0 Å². The van der Waals surface area contributed by atoms with Crippen LogP contribution in [0.4, 0.5) is 8.78 Å². The maximum Gasteiger partial charge on any atom is 0.144 e. The molecule has 0 saturated heterocycles. The van der Waals surface area contributed by atoms with Crippen LogP contribution in [0.3, 0.4) is 0 Å². The van der Waals surface area contributed by atoms with Crippen molar-refractivity contribution in [3.63, 3.8) is 0 Å². The van der Waals surface area contributed by atoms with Crippen molar-refractivity contribution in [1.82, 2.24) is 0 Å². The van der Waals surface area contributed by atoms with Crippen molar-refractivity contribution in [3.8, 4) is 6.07 Å². The second-order valence-corrected chi connectivity index (χ2v) is 8.61. The summed E-state index contributed by atoms with van der Waals surface area (Å²) in [6, 6.07) is 4.22. The molecule has 0 bridgehead atoms. The average Bonchev–Trinajstić information content (AvgIpc) is 2.67. The summed E-state index contributed by atoms with van der Waals surface area (Å²) in [5.74, 6) is 1.56. The fourth-order valence-corrected chi connectivity index (χ4v) is 5.31. The Balaban J connectivity index is 1.43. The van der Waals surface area contributed by atoms with Crippen LogP contribution in [0.5, 0.6) is 0 Å². The Morgan fingerprint density at radius 1 is 0.963 bits per heavy atom. The number of nitrogens with zero attached hydrogens (tertiary/aromatic N) is 1. The largest absolute Gasteiger partial charge is 0.205 e. The van der Waals surface area contributed by atoms with Gasteiger partial charge in [0.25, 0.3) is 0 Å². The normalized spacial score (nSPS) is 29.0. The van der Waals surface area contributed by atoms with E-state index in [4.69, 9.17) is 16.9 Å². The van der Waals surface area contributed by atoms with Crippen molar-refractivity contribution in [2.24, 2.45) is 23.7 Å². The minimum atomic E-state index is -0.740. The van der Waals surface area contributed by atoms with Gasteiger partial charge >= 0.3 is 0 Å². The number of halogens is 3. The van der Waals surface area contributed by atoms with Crippen molar-refractivity contribution in [2.45, 2.75) is 64.2 Å². The molecule has 0 amide bonds. The topological polar surface area (TPSA) is 23.8 Å². The zero-order valence-electron chi connectivity index (χ0n) is 15.8.